The van der Waals surface area contributed by atoms with Gasteiger partial charge in [-0.1, -0.05) is 0 Å². The van der Waals surface area contributed by atoms with Crippen LogP contribution in [-0.4, -0.2) is 37.6 Å². The van der Waals surface area contributed by atoms with Crippen molar-refractivity contribution in [1.82, 2.24) is 14.8 Å². The van der Waals surface area contributed by atoms with Gasteiger partial charge in [-0.2, -0.15) is 5.10 Å². The van der Waals surface area contributed by atoms with Crippen molar-refractivity contribution in [2.24, 2.45) is 0 Å². The molecule has 0 saturated carbocycles. The van der Waals surface area contributed by atoms with Crippen LogP contribution in [0.4, 0.5) is 0 Å². The number of carboxylic acid groups (broad SMARTS) is 1. The summed E-state index contributed by atoms with van der Waals surface area (Å²) in [5.74, 6) is -1.000. The van der Waals surface area contributed by atoms with E-state index >= 15 is 0 Å². The molecule has 88 valence electrons. The monoisotopic (exact) mass is 233 g/mol. The maximum absolute atomic E-state index is 10.7. The van der Waals surface area contributed by atoms with Gasteiger partial charge in [0.25, 0.3) is 0 Å². The van der Waals surface area contributed by atoms with E-state index in [0.717, 1.165) is 5.56 Å². The lowest BCUT2D eigenvalue weighted by atomic mass is 10.2. The highest BCUT2D eigenvalue weighted by atomic mass is 16.4. The van der Waals surface area contributed by atoms with Gasteiger partial charge in [0.05, 0.1) is 30.6 Å². The Morgan fingerprint density at radius 3 is 2.76 bits per heavy atom. The molecule has 0 aliphatic heterocycles. The highest BCUT2D eigenvalue weighted by Gasteiger charge is 2.06. The molecule has 0 aliphatic rings. The Kier molecular flexibility index (Phi) is 3.15. The molecule has 6 nitrogen and oxygen atoms in total. The van der Waals surface area contributed by atoms with Crippen LogP contribution in [0.25, 0.3) is 11.3 Å². The van der Waals surface area contributed by atoms with Crippen molar-refractivity contribution >= 4 is 5.97 Å². The van der Waals surface area contributed by atoms with Gasteiger partial charge < -0.3 is 10.2 Å². The largest absolute Gasteiger partial charge is 0.478 e. The number of hydrogen-bond donors (Lipinski definition) is 2. The molecule has 2 rings (SSSR count). The van der Waals surface area contributed by atoms with Crippen molar-refractivity contribution in [2.75, 3.05) is 6.61 Å². The first-order chi connectivity index (χ1) is 8.20. The van der Waals surface area contributed by atoms with E-state index < -0.39 is 5.97 Å². The number of aliphatic hydroxyl groups excluding tert-OH is 1. The third-order valence-electron chi connectivity index (χ3n) is 2.27. The molecule has 2 aromatic rings. The van der Waals surface area contributed by atoms with Crippen LogP contribution in [0.5, 0.6) is 0 Å². The Hall–Kier alpha value is -2.21. The molecule has 17 heavy (non-hydrogen) atoms. The van der Waals surface area contributed by atoms with Crippen LogP contribution in [0.15, 0.2) is 30.7 Å². The van der Waals surface area contributed by atoms with Crippen molar-refractivity contribution in [2.45, 2.75) is 6.54 Å². The minimum absolute atomic E-state index is 0.0203. The van der Waals surface area contributed by atoms with E-state index in [9.17, 15) is 4.79 Å². The molecule has 0 aliphatic carbocycles. The quantitative estimate of drug-likeness (QED) is 0.808. The summed E-state index contributed by atoms with van der Waals surface area (Å²) in [4.78, 5) is 14.7. The van der Waals surface area contributed by atoms with Crippen LogP contribution in [0, 0.1) is 0 Å². The number of hydrogen-bond acceptors (Lipinski definition) is 4. The topological polar surface area (TPSA) is 88.2 Å². The Balaban J connectivity index is 2.23. The molecule has 0 unspecified atom stereocenters. The summed E-state index contributed by atoms with van der Waals surface area (Å²) in [7, 11) is 0. The van der Waals surface area contributed by atoms with Gasteiger partial charge in [-0.3, -0.25) is 9.67 Å². The van der Waals surface area contributed by atoms with Crippen molar-refractivity contribution in [3.63, 3.8) is 0 Å². The molecule has 2 aromatic heterocycles. The summed E-state index contributed by atoms with van der Waals surface area (Å²) in [6.07, 6.45) is 4.68. The van der Waals surface area contributed by atoms with Gasteiger partial charge in [0.15, 0.2) is 0 Å². The normalized spacial score (nSPS) is 10.4. The second-order valence-electron chi connectivity index (χ2n) is 3.45. The summed E-state index contributed by atoms with van der Waals surface area (Å²) in [6, 6.07) is 3.12. The van der Waals surface area contributed by atoms with Crippen LogP contribution in [0.3, 0.4) is 0 Å². The Morgan fingerprint density at radius 2 is 2.18 bits per heavy atom. The van der Waals surface area contributed by atoms with E-state index in [2.05, 4.69) is 10.1 Å². The summed E-state index contributed by atoms with van der Waals surface area (Å²) in [5.41, 5.74) is 1.59. The van der Waals surface area contributed by atoms with Gasteiger partial charge >= 0.3 is 5.97 Å². The molecule has 0 spiro atoms. The zero-order chi connectivity index (χ0) is 12.3. The van der Waals surface area contributed by atoms with E-state index in [1.54, 1.807) is 23.1 Å². The van der Waals surface area contributed by atoms with E-state index in [0.29, 0.717) is 12.2 Å². The first-order valence-electron chi connectivity index (χ1n) is 5.04. The lowest BCUT2D eigenvalue weighted by Gasteiger charge is -1.97. The lowest BCUT2D eigenvalue weighted by Crippen LogP contribution is -2.01. The lowest BCUT2D eigenvalue weighted by molar-refractivity contribution is 0.0696. The Morgan fingerprint density at radius 1 is 1.35 bits per heavy atom. The molecule has 0 bridgehead atoms. The second-order valence-corrected chi connectivity index (χ2v) is 3.45. The highest BCUT2D eigenvalue weighted by Crippen LogP contribution is 2.15. The van der Waals surface area contributed by atoms with Crippen LogP contribution >= 0.6 is 0 Å². The highest BCUT2D eigenvalue weighted by molar-refractivity contribution is 5.87. The molecule has 0 radical (unpaired) electrons. The summed E-state index contributed by atoms with van der Waals surface area (Å²) < 4.78 is 1.60. The molecule has 0 amide bonds. The maximum Gasteiger partial charge on any atom is 0.337 e. The van der Waals surface area contributed by atoms with Crippen molar-refractivity contribution in [1.29, 1.82) is 0 Å². The maximum atomic E-state index is 10.7. The molecular formula is C11H11N3O3. The number of nitrogens with zero attached hydrogens (tertiary/aromatic N) is 3. The third kappa shape index (κ3) is 2.48. The predicted octanol–water partition coefficient (Wildman–Crippen LogP) is 0.636. The van der Waals surface area contributed by atoms with E-state index in [-0.39, 0.29) is 12.2 Å². The van der Waals surface area contributed by atoms with Gasteiger partial charge in [-0.05, 0) is 12.1 Å². The zero-order valence-corrected chi connectivity index (χ0v) is 8.95. The van der Waals surface area contributed by atoms with Crippen LogP contribution < -0.4 is 0 Å². The summed E-state index contributed by atoms with van der Waals surface area (Å²) in [6.45, 7) is 0.444. The standard InChI is InChI=1S/C11H11N3O3/c15-4-3-14-7-9(6-13-14)10-2-1-8(5-12-10)11(16)17/h1-2,5-7,15H,3-4H2,(H,16,17). The molecule has 2 heterocycles. The predicted molar refractivity (Wildman–Crippen MR) is 59.5 cm³/mol. The minimum atomic E-state index is -1.000. The molecular weight excluding hydrogens is 222 g/mol. The smallest absolute Gasteiger partial charge is 0.337 e. The number of aliphatic hydroxyl groups is 1. The van der Waals surface area contributed by atoms with Crippen LogP contribution in [0.1, 0.15) is 10.4 Å². The van der Waals surface area contributed by atoms with Gasteiger partial charge in [0, 0.05) is 18.0 Å². The van der Waals surface area contributed by atoms with Gasteiger partial charge in [-0.15, -0.1) is 0 Å². The minimum Gasteiger partial charge on any atom is -0.478 e. The fourth-order valence-corrected chi connectivity index (χ4v) is 1.41. The van der Waals surface area contributed by atoms with Crippen molar-refractivity contribution in [3.8, 4) is 11.3 Å². The van der Waals surface area contributed by atoms with E-state index in [4.69, 9.17) is 10.2 Å². The SMILES string of the molecule is O=C(O)c1ccc(-c2cnn(CCO)c2)nc1. The number of carbonyl (C=O) groups is 1. The Labute approximate surface area is 97.2 Å². The molecule has 0 fully saturated rings. The zero-order valence-electron chi connectivity index (χ0n) is 8.95. The average Bonchev–Trinajstić information content (AvgIpc) is 2.78. The molecule has 0 atom stereocenters. The fraction of sp³-hybridized carbons (Fsp3) is 0.182. The summed E-state index contributed by atoms with van der Waals surface area (Å²) >= 11 is 0. The van der Waals surface area contributed by atoms with Crippen molar-refractivity contribution in [3.05, 3.63) is 36.3 Å². The average molecular weight is 233 g/mol. The summed E-state index contributed by atoms with van der Waals surface area (Å²) in [5, 5.41) is 21.5. The number of pyridine rings is 1. The fourth-order valence-electron chi connectivity index (χ4n) is 1.41. The van der Waals surface area contributed by atoms with E-state index in [1.165, 1.54) is 12.3 Å². The second kappa shape index (κ2) is 4.75. The molecule has 6 heteroatoms. The number of carboxylic acids is 1. The first-order valence-corrected chi connectivity index (χ1v) is 5.04. The molecule has 2 N–H and O–H groups in total. The van der Waals surface area contributed by atoms with Crippen LogP contribution in [0.2, 0.25) is 0 Å². The number of aromatic nitrogens is 3. The van der Waals surface area contributed by atoms with E-state index in [1.807, 2.05) is 0 Å². The number of aromatic carboxylic acids is 1. The first kappa shape index (κ1) is 11.3. The van der Waals surface area contributed by atoms with Crippen LogP contribution in [-0.2, 0) is 6.54 Å². The Bertz CT molecular complexity index is 519. The molecule has 0 saturated heterocycles. The van der Waals surface area contributed by atoms with Gasteiger partial charge in [0.1, 0.15) is 0 Å². The molecule has 0 aromatic carbocycles. The van der Waals surface area contributed by atoms with Crippen molar-refractivity contribution < 1.29 is 15.0 Å². The van der Waals surface area contributed by atoms with Gasteiger partial charge in [-0.25, -0.2) is 4.79 Å². The van der Waals surface area contributed by atoms with Gasteiger partial charge in [0.2, 0.25) is 0 Å². The number of rotatable bonds is 4. The third-order valence-corrected chi connectivity index (χ3v) is 2.27.